The highest BCUT2D eigenvalue weighted by Gasteiger charge is 2.05. The average Bonchev–Trinajstić information content (AvgIpc) is 2.45. The van der Waals surface area contributed by atoms with Gasteiger partial charge in [0.1, 0.15) is 18.1 Å². The van der Waals surface area contributed by atoms with Gasteiger partial charge in [-0.3, -0.25) is 4.79 Å². The Balaban J connectivity index is 2.54. The van der Waals surface area contributed by atoms with E-state index in [1.165, 1.54) is 0 Å². The van der Waals surface area contributed by atoms with E-state index >= 15 is 0 Å². The van der Waals surface area contributed by atoms with Crippen molar-refractivity contribution in [3.63, 3.8) is 0 Å². The van der Waals surface area contributed by atoms with Crippen molar-refractivity contribution in [2.45, 2.75) is 13.3 Å². The Morgan fingerprint density at radius 3 is 2.68 bits per heavy atom. The molecule has 0 bridgehead atoms. The molecule has 0 unspecified atom stereocenters. The van der Waals surface area contributed by atoms with Gasteiger partial charge in [0.15, 0.2) is 6.29 Å². The van der Waals surface area contributed by atoms with Crippen LogP contribution in [0.15, 0.2) is 18.2 Å². The van der Waals surface area contributed by atoms with Gasteiger partial charge in [-0.1, -0.05) is 6.92 Å². The Morgan fingerprint density at radius 1 is 1.16 bits per heavy atom. The van der Waals surface area contributed by atoms with E-state index in [4.69, 9.17) is 19.3 Å². The second-order valence-electron chi connectivity index (χ2n) is 3.85. The summed E-state index contributed by atoms with van der Waals surface area (Å²) in [6.45, 7) is 3.59. The normalized spacial score (nSPS) is 10.2. The van der Waals surface area contributed by atoms with Crippen LogP contribution in [0.25, 0.3) is 0 Å². The van der Waals surface area contributed by atoms with Crippen molar-refractivity contribution in [3.05, 3.63) is 23.8 Å². The van der Waals surface area contributed by atoms with Crippen molar-refractivity contribution in [2.24, 2.45) is 0 Å². The molecule has 5 nitrogen and oxygen atoms in total. The van der Waals surface area contributed by atoms with Crippen LogP contribution in [0.5, 0.6) is 11.5 Å². The summed E-state index contributed by atoms with van der Waals surface area (Å²) >= 11 is 0. The van der Waals surface area contributed by atoms with E-state index in [9.17, 15) is 4.79 Å². The molecule has 1 aromatic carbocycles. The van der Waals surface area contributed by atoms with E-state index in [0.29, 0.717) is 36.9 Å². The number of aliphatic hydroxyl groups is 1. The molecule has 1 aromatic rings. The maximum Gasteiger partial charge on any atom is 0.153 e. The van der Waals surface area contributed by atoms with Crippen molar-refractivity contribution in [1.82, 2.24) is 0 Å². The predicted octanol–water partition coefficient (Wildman–Crippen LogP) is 1.68. The van der Waals surface area contributed by atoms with Gasteiger partial charge < -0.3 is 19.3 Å². The monoisotopic (exact) mass is 268 g/mol. The first kappa shape index (κ1) is 15.5. The van der Waals surface area contributed by atoms with Gasteiger partial charge >= 0.3 is 0 Å². The first-order valence-electron chi connectivity index (χ1n) is 6.35. The third-order valence-corrected chi connectivity index (χ3v) is 2.31. The lowest BCUT2D eigenvalue weighted by Crippen LogP contribution is -2.10. The van der Waals surface area contributed by atoms with Gasteiger partial charge in [-0.15, -0.1) is 0 Å². The summed E-state index contributed by atoms with van der Waals surface area (Å²) in [6.07, 6.45) is 1.66. The lowest BCUT2D eigenvalue weighted by atomic mass is 10.2. The molecule has 106 valence electrons. The largest absolute Gasteiger partial charge is 0.493 e. The van der Waals surface area contributed by atoms with Crippen molar-refractivity contribution in [1.29, 1.82) is 0 Å². The zero-order chi connectivity index (χ0) is 13.9. The molecule has 1 N–H and O–H groups in total. The van der Waals surface area contributed by atoms with Crippen molar-refractivity contribution >= 4 is 6.29 Å². The number of hydrogen-bond donors (Lipinski definition) is 1. The van der Waals surface area contributed by atoms with Crippen LogP contribution in [-0.4, -0.2) is 44.4 Å². The van der Waals surface area contributed by atoms with E-state index in [0.717, 1.165) is 12.7 Å². The highest BCUT2D eigenvalue weighted by Crippen LogP contribution is 2.23. The van der Waals surface area contributed by atoms with Crippen LogP contribution in [0, 0.1) is 0 Å². The number of carbonyl (C=O) groups is 1. The van der Waals surface area contributed by atoms with Crippen molar-refractivity contribution < 1.29 is 24.1 Å². The summed E-state index contributed by atoms with van der Waals surface area (Å²) in [5.41, 5.74) is 0.478. The topological polar surface area (TPSA) is 65.0 Å². The maximum absolute atomic E-state index is 10.9. The molecule has 1 rings (SSSR count). The zero-order valence-electron chi connectivity index (χ0n) is 11.1. The van der Waals surface area contributed by atoms with Gasteiger partial charge in [-0.2, -0.15) is 0 Å². The predicted molar refractivity (Wildman–Crippen MR) is 71.0 cm³/mol. The fraction of sp³-hybridized carbons (Fsp3) is 0.500. The molecule has 0 saturated carbocycles. The Labute approximate surface area is 113 Å². The molecule has 0 fully saturated rings. The SMILES string of the molecule is CCCOc1ccc(C=O)c(OCCOCCO)c1. The first-order chi connectivity index (χ1) is 9.31. The minimum absolute atomic E-state index is 0.0140. The highest BCUT2D eigenvalue weighted by atomic mass is 16.5. The Kier molecular flexibility index (Phi) is 7.62. The molecule has 0 aliphatic heterocycles. The third-order valence-electron chi connectivity index (χ3n) is 2.31. The second kappa shape index (κ2) is 9.35. The summed E-state index contributed by atoms with van der Waals surface area (Å²) in [6, 6.07) is 5.11. The summed E-state index contributed by atoms with van der Waals surface area (Å²) in [5, 5.41) is 8.55. The number of carbonyl (C=O) groups excluding carboxylic acids is 1. The van der Waals surface area contributed by atoms with Gasteiger partial charge in [0, 0.05) is 6.07 Å². The molecular weight excluding hydrogens is 248 g/mol. The van der Waals surface area contributed by atoms with Crippen LogP contribution in [0.3, 0.4) is 0 Å². The number of aliphatic hydroxyl groups excluding tert-OH is 1. The van der Waals surface area contributed by atoms with Crippen LogP contribution in [0.4, 0.5) is 0 Å². The van der Waals surface area contributed by atoms with Gasteiger partial charge in [-0.05, 0) is 18.6 Å². The van der Waals surface area contributed by atoms with Crippen LogP contribution in [0.2, 0.25) is 0 Å². The molecule has 0 aliphatic carbocycles. The summed E-state index contributed by atoms with van der Waals surface area (Å²) < 4.78 is 16.0. The van der Waals surface area contributed by atoms with Gasteiger partial charge in [-0.25, -0.2) is 0 Å². The van der Waals surface area contributed by atoms with Crippen LogP contribution < -0.4 is 9.47 Å². The average molecular weight is 268 g/mol. The van der Waals surface area contributed by atoms with Gasteiger partial charge in [0.2, 0.25) is 0 Å². The van der Waals surface area contributed by atoms with E-state index in [1.807, 2.05) is 6.92 Å². The molecule has 0 saturated heterocycles. The Bertz CT molecular complexity index is 378. The van der Waals surface area contributed by atoms with Gasteiger partial charge in [0.05, 0.1) is 32.0 Å². The zero-order valence-corrected chi connectivity index (χ0v) is 11.1. The van der Waals surface area contributed by atoms with E-state index in [-0.39, 0.29) is 13.2 Å². The van der Waals surface area contributed by atoms with Crippen molar-refractivity contribution in [3.8, 4) is 11.5 Å². The maximum atomic E-state index is 10.9. The standard InChI is InChI=1S/C14H20O5/c1-2-6-18-13-4-3-12(11-16)14(10-13)19-9-8-17-7-5-15/h3-4,10-11,15H,2,5-9H2,1H3. The molecule has 5 heteroatoms. The number of aldehydes is 1. The smallest absolute Gasteiger partial charge is 0.153 e. The molecule has 0 spiro atoms. The number of hydrogen-bond acceptors (Lipinski definition) is 5. The fourth-order valence-corrected chi connectivity index (χ4v) is 1.42. The van der Waals surface area contributed by atoms with Gasteiger partial charge in [0.25, 0.3) is 0 Å². The fourth-order valence-electron chi connectivity index (χ4n) is 1.42. The molecule has 0 amide bonds. The lowest BCUT2D eigenvalue weighted by Gasteiger charge is -2.11. The summed E-state index contributed by atoms with van der Waals surface area (Å²) in [5.74, 6) is 1.16. The van der Waals surface area contributed by atoms with Crippen LogP contribution in [-0.2, 0) is 4.74 Å². The molecule has 0 aromatic heterocycles. The summed E-state index contributed by atoms with van der Waals surface area (Å²) in [7, 11) is 0. The quantitative estimate of drug-likeness (QED) is 0.516. The summed E-state index contributed by atoms with van der Waals surface area (Å²) in [4.78, 5) is 10.9. The van der Waals surface area contributed by atoms with Crippen molar-refractivity contribution in [2.75, 3.05) is 33.0 Å². The third kappa shape index (κ3) is 5.72. The molecule has 0 heterocycles. The molecule has 0 radical (unpaired) electrons. The number of benzene rings is 1. The lowest BCUT2D eigenvalue weighted by molar-refractivity contribution is 0.0702. The minimum atomic E-state index is -0.0140. The number of rotatable bonds is 10. The van der Waals surface area contributed by atoms with E-state index < -0.39 is 0 Å². The minimum Gasteiger partial charge on any atom is -0.493 e. The van der Waals surface area contributed by atoms with E-state index in [1.54, 1.807) is 18.2 Å². The molecule has 0 aliphatic rings. The molecule has 19 heavy (non-hydrogen) atoms. The number of ether oxygens (including phenoxy) is 3. The van der Waals surface area contributed by atoms with Crippen LogP contribution >= 0.6 is 0 Å². The van der Waals surface area contributed by atoms with Crippen LogP contribution in [0.1, 0.15) is 23.7 Å². The highest BCUT2D eigenvalue weighted by molar-refractivity contribution is 5.79. The van der Waals surface area contributed by atoms with E-state index in [2.05, 4.69) is 0 Å². The molecule has 0 atom stereocenters. The molecular formula is C14H20O5. The second-order valence-corrected chi connectivity index (χ2v) is 3.85. The first-order valence-corrected chi connectivity index (χ1v) is 6.35. The Morgan fingerprint density at radius 2 is 2.00 bits per heavy atom. The Hall–Kier alpha value is -1.59.